The molecule has 0 bridgehead atoms. The smallest absolute Gasteiger partial charge is 0.311 e. The number of aromatic nitrogens is 2. The van der Waals surface area contributed by atoms with Gasteiger partial charge in [-0.1, -0.05) is 0 Å². The summed E-state index contributed by atoms with van der Waals surface area (Å²) in [4.78, 5) is 18.1. The molecule has 1 N–H and O–H groups in total. The van der Waals surface area contributed by atoms with Crippen LogP contribution < -0.4 is 4.74 Å². The van der Waals surface area contributed by atoms with E-state index in [-0.39, 0.29) is 24.7 Å². The monoisotopic (exact) mass is 235 g/mol. The number of fused-ring (bicyclic) bond motifs is 1. The van der Waals surface area contributed by atoms with Crippen molar-refractivity contribution in [2.75, 3.05) is 13.2 Å². The number of nitrogens with zero attached hydrogens (tertiary/aromatic N) is 3. The molecule has 17 heavy (non-hydrogen) atoms. The van der Waals surface area contributed by atoms with E-state index in [4.69, 9.17) is 9.84 Å². The molecule has 7 heteroatoms. The summed E-state index contributed by atoms with van der Waals surface area (Å²) < 4.78 is 5.10. The Morgan fingerprint density at radius 1 is 1.47 bits per heavy atom. The van der Waals surface area contributed by atoms with Gasteiger partial charge in [0.25, 0.3) is 0 Å². The standard InChI is InChI=1S/C10H9N3O4/c14-1-2-17-10-4-8-7(5-11-6-12-8)3-9(10)13(15)16/h3-6,14H,1-2H2. The van der Waals surface area contributed by atoms with Crippen LogP contribution in [-0.4, -0.2) is 33.2 Å². The summed E-state index contributed by atoms with van der Waals surface area (Å²) in [6, 6.07) is 2.81. The number of ether oxygens (including phenoxy) is 1. The summed E-state index contributed by atoms with van der Waals surface area (Å²) in [6.07, 6.45) is 2.84. The van der Waals surface area contributed by atoms with E-state index in [0.29, 0.717) is 10.9 Å². The second-order valence-corrected chi connectivity index (χ2v) is 3.23. The second kappa shape index (κ2) is 4.71. The molecule has 0 saturated heterocycles. The fraction of sp³-hybridized carbons (Fsp3) is 0.200. The fourth-order valence-corrected chi connectivity index (χ4v) is 1.41. The van der Waals surface area contributed by atoms with E-state index in [9.17, 15) is 10.1 Å². The van der Waals surface area contributed by atoms with Crippen LogP contribution in [0.5, 0.6) is 5.75 Å². The number of nitro benzene ring substituents is 1. The Bertz CT molecular complexity index is 558. The van der Waals surface area contributed by atoms with Gasteiger partial charge in [-0.3, -0.25) is 10.1 Å². The highest BCUT2D eigenvalue weighted by Gasteiger charge is 2.16. The minimum Gasteiger partial charge on any atom is -0.484 e. The van der Waals surface area contributed by atoms with Crippen molar-refractivity contribution in [3.8, 4) is 5.75 Å². The van der Waals surface area contributed by atoms with E-state index in [1.165, 1.54) is 24.7 Å². The Morgan fingerprint density at radius 2 is 2.29 bits per heavy atom. The molecule has 0 amide bonds. The van der Waals surface area contributed by atoms with Crippen molar-refractivity contribution in [1.29, 1.82) is 0 Å². The molecule has 1 aromatic heterocycles. The largest absolute Gasteiger partial charge is 0.484 e. The van der Waals surface area contributed by atoms with Crippen molar-refractivity contribution in [2.45, 2.75) is 0 Å². The van der Waals surface area contributed by atoms with Gasteiger partial charge in [-0.15, -0.1) is 0 Å². The molecule has 2 rings (SSSR count). The molecule has 0 atom stereocenters. The summed E-state index contributed by atoms with van der Waals surface area (Å²) in [5, 5.41) is 20.1. The molecule has 0 spiro atoms. The van der Waals surface area contributed by atoms with Crippen LogP contribution in [0.25, 0.3) is 10.9 Å². The van der Waals surface area contributed by atoms with E-state index >= 15 is 0 Å². The predicted molar refractivity (Wildman–Crippen MR) is 58.8 cm³/mol. The normalized spacial score (nSPS) is 10.4. The van der Waals surface area contributed by atoms with Gasteiger partial charge < -0.3 is 9.84 Å². The van der Waals surface area contributed by atoms with Crippen molar-refractivity contribution in [3.63, 3.8) is 0 Å². The van der Waals surface area contributed by atoms with Crippen LogP contribution in [0.3, 0.4) is 0 Å². The number of hydrogen-bond acceptors (Lipinski definition) is 6. The van der Waals surface area contributed by atoms with Gasteiger partial charge in [-0.05, 0) is 0 Å². The number of benzene rings is 1. The molecular weight excluding hydrogens is 226 g/mol. The molecule has 1 heterocycles. The van der Waals surface area contributed by atoms with E-state index < -0.39 is 4.92 Å². The van der Waals surface area contributed by atoms with E-state index in [0.717, 1.165) is 0 Å². The lowest BCUT2D eigenvalue weighted by atomic mass is 10.2. The van der Waals surface area contributed by atoms with Crippen LogP contribution in [0.4, 0.5) is 5.69 Å². The van der Waals surface area contributed by atoms with Gasteiger partial charge in [0.15, 0.2) is 5.75 Å². The average molecular weight is 235 g/mol. The Hall–Kier alpha value is -2.28. The maximum absolute atomic E-state index is 10.9. The van der Waals surface area contributed by atoms with Crippen LogP contribution in [0.2, 0.25) is 0 Å². The van der Waals surface area contributed by atoms with Gasteiger partial charge in [-0.25, -0.2) is 9.97 Å². The first-order chi connectivity index (χ1) is 8.22. The molecule has 0 aliphatic carbocycles. The van der Waals surface area contributed by atoms with Gasteiger partial charge in [0.1, 0.15) is 12.9 Å². The molecule has 2 aromatic rings. The topological polar surface area (TPSA) is 98.4 Å². The number of hydrogen-bond donors (Lipinski definition) is 1. The minimum atomic E-state index is -0.543. The van der Waals surface area contributed by atoms with Crippen LogP contribution in [0.15, 0.2) is 24.7 Å². The van der Waals surface area contributed by atoms with Crippen molar-refractivity contribution in [2.24, 2.45) is 0 Å². The van der Waals surface area contributed by atoms with Gasteiger partial charge in [0.2, 0.25) is 0 Å². The summed E-state index contributed by atoms with van der Waals surface area (Å²) in [6.45, 7) is -0.212. The molecule has 7 nitrogen and oxygen atoms in total. The Kier molecular flexibility index (Phi) is 3.10. The average Bonchev–Trinajstić information content (AvgIpc) is 2.35. The molecule has 0 fully saturated rings. The SMILES string of the molecule is O=[N+]([O-])c1cc2cncnc2cc1OCCO. The molecule has 1 aromatic carbocycles. The Balaban J connectivity index is 2.54. The summed E-state index contributed by atoms with van der Waals surface area (Å²) in [5.41, 5.74) is 0.388. The summed E-state index contributed by atoms with van der Waals surface area (Å²) in [5.74, 6) is 0.0928. The maximum Gasteiger partial charge on any atom is 0.311 e. The number of aliphatic hydroxyl groups excluding tert-OH is 1. The summed E-state index contributed by atoms with van der Waals surface area (Å²) >= 11 is 0. The highest BCUT2D eigenvalue weighted by Crippen LogP contribution is 2.30. The lowest BCUT2D eigenvalue weighted by molar-refractivity contribution is -0.385. The second-order valence-electron chi connectivity index (χ2n) is 3.23. The molecule has 0 unspecified atom stereocenters. The third-order valence-corrected chi connectivity index (χ3v) is 2.13. The minimum absolute atomic E-state index is 0.00255. The number of aliphatic hydroxyl groups is 1. The lowest BCUT2D eigenvalue weighted by Crippen LogP contribution is -2.04. The molecule has 0 radical (unpaired) electrons. The van der Waals surface area contributed by atoms with Gasteiger partial charge in [-0.2, -0.15) is 0 Å². The highest BCUT2D eigenvalue weighted by molar-refractivity contribution is 5.82. The first kappa shape index (κ1) is 11.2. The number of rotatable bonds is 4. The fourth-order valence-electron chi connectivity index (χ4n) is 1.41. The van der Waals surface area contributed by atoms with Gasteiger partial charge in [0.05, 0.1) is 17.0 Å². The van der Waals surface area contributed by atoms with E-state index in [2.05, 4.69) is 9.97 Å². The first-order valence-electron chi connectivity index (χ1n) is 4.84. The quantitative estimate of drug-likeness (QED) is 0.624. The van der Waals surface area contributed by atoms with Crippen molar-refractivity contribution >= 4 is 16.6 Å². The van der Waals surface area contributed by atoms with E-state index in [1.54, 1.807) is 0 Å². The zero-order valence-electron chi connectivity index (χ0n) is 8.74. The van der Waals surface area contributed by atoms with Crippen molar-refractivity contribution in [1.82, 2.24) is 9.97 Å². The summed E-state index contributed by atoms with van der Waals surface area (Å²) in [7, 11) is 0. The molecule has 0 saturated carbocycles. The van der Waals surface area contributed by atoms with Crippen LogP contribution in [0.1, 0.15) is 0 Å². The molecule has 88 valence electrons. The molecule has 0 aliphatic heterocycles. The first-order valence-corrected chi connectivity index (χ1v) is 4.84. The zero-order valence-corrected chi connectivity index (χ0v) is 8.74. The van der Waals surface area contributed by atoms with Crippen LogP contribution >= 0.6 is 0 Å². The van der Waals surface area contributed by atoms with Gasteiger partial charge >= 0.3 is 5.69 Å². The maximum atomic E-state index is 10.9. The number of nitro groups is 1. The molecule has 0 aliphatic rings. The third kappa shape index (κ3) is 2.28. The molecular formula is C10H9N3O4. The zero-order chi connectivity index (χ0) is 12.3. The van der Waals surface area contributed by atoms with E-state index in [1.807, 2.05) is 0 Å². The predicted octanol–water partition coefficient (Wildman–Crippen LogP) is 0.909. The lowest BCUT2D eigenvalue weighted by Gasteiger charge is -2.05. The third-order valence-electron chi connectivity index (χ3n) is 2.13. The Morgan fingerprint density at radius 3 is 3.00 bits per heavy atom. The van der Waals surface area contributed by atoms with Crippen molar-refractivity contribution in [3.05, 3.63) is 34.8 Å². The van der Waals surface area contributed by atoms with Crippen molar-refractivity contribution < 1.29 is 14.8 Å². The van der Waals surface area contributed by atoms with Crippen LogP contribution in [-0.2, 0) is 0 Å². The Labute approximate surface area is 95.8 Å². The van der Waals surface area contributed by atoms with Crippen LogP contribution in [0, 0.1) is 10.1 Å². The van der Waals surface area contributed by atoms with Gasteiger partial charge in [0, 0.05) is 23.7 Å². The highest BCUT2D eigenvalue weighted by atomic mass is 16.6.